The predicted octanol–water partition coefficient (Wildman–Crippen LogP) is 1.71. The fourth-order valence-corrected chi connectivity index (χ4v) is 2.14. The lowest BCUT2D eigenvalue weighted by molar-refractivity contribution is 0.00578. The Morgan fingerprint density at radius 1 is 1.16 bits per heavy atom. The molecule has 104 valence electrons. The van der Waals surface area contributed by atoms with Gasteiger partial charge in [-0.3, -0.25) is 0 Å². The van der Waals surface area contributed by atoms with Crippen LogP contribution in [0.15, 0.2) is 18.2 Å². The minimum atomic E-state index is -0.452. The van der Waals surface area contributed by atoms with E-state index in [0.29, 0.717) is 0 Å². The highest BCUT2D eigenvalue weighted by molar-refractivity contribution is 6.62. The molecule has 0 aromatic heterocycles. The average molecular weight is 263 g/mol. The zero-order chi connectivity index (χ0) is 14.4. The number of rotatable bonds is 2. The summed E-state index contributed by atoms with van der Waals surface area (Å²) in [5, 5.41) is 9.60. The van der Waals surface area contributed by atoms with E-state index < -0.39 is 7.12 Å². The van der Waals surface area contributed by atoms with E-state index in [0.717, 1.165) is 11.0 Å². The van der Waals surface area contributed by atoms with Gasteiger partial charge in [0.25, 0.3) is 0 Å². The lowest BCUT2D eigenvalue weighted by Gasteiger charge is -2.32. The second kappa shape index (κ2) is 4.51. The summed E-state index contributed by atoms with van der Waals surface area (Å²) in [5.74, 6) is 0.201. The van der Waals surface area contributed by atoms with Crippen molar-refractivity contribution in [1.29, 1.82) is 0 Å². The molecule has 1 fully saturated rings. The van der Waals surface area contributed by atoms with Crippen molar-refractivity contribution in [2.45, 2.75) is 51.9 Å². The van der Waals surface area contributed by atoms with Gasteiger partial charge in [-0.2, -0.15) is 0 Å². The molecule has 1 unspecified atom stereocenters. The SMILES string of the molecule is CC(N)c1cc(O)ccc1B1OC(C)(C)C(C)(C)O1. The van der Waals surface area contributed by atoms with Crippen LogP contribution in [0.2, 0.25) is 0 Å². The maximum atomic E-state index is 9.60. The number of aromatic hydroxyl groups is 1. The average Bonchev–Trinajstić information content (AvgIpc) is 2.47. The van der Waals surface area contributed by atoms with E-state index in [1.165, 1.54) is 0 Å². The first kappa shape index (κ1) is 14.4. The smallest absolute Gasteiger partial charge is 0.495 e. The van der Waals surface area contributed by atoms with Crippen LogP contribution in [0.1, 0.15) is 46.2 Å². The van der Waals surface area contributed by atoms with Gasteiger partial charge in [-0.25, -0.2) is 0 Å². The van der Waals surface area contributed by atoms with Crippen LogP contribution in [-0.2, 0) is 9.31 Å². The standard InChI is InChI=1S/C14H22BNO3/c1-9(16)11-8-10(17)6-7-12(11)15-18-13(2,3)14(4,5)19-15/h6-9,17H,16H2,1-5H3. The first-order valence-corrected chi connectivity index (χ1v) is 6.58. The third-order valence-electron chi connectivity index (χ3n) is 4.07. The van der Waals surface area contributed by atoms with E-state index in [1.54, 1.807) is 12.1 Å². The van der Waals surface area contributed by atoms with Gasteiger partial charge in [-0.15, -0.1) is 0 Å². The first-order chi connectivity index (χ1) is 8.64. The second-order valence-electron chi connectivity index (χ2n) is 6.19. The van der Waals surface area contributed by atoms with Crippen LogP contribution < -0.4 is 11.2 Å². The van der Waals surface area contributed by atoms with Crippen LogP contribution in [0.5, 0.6) is 5.75 Å². The minimum Gasteiger partial charge on any atom is -0.508 e. The molecule has 1 saturated heterocycles. The van der Waals surface area contributed by atoms with Gasteiger partial charge in [0.1, 0.15) is 5.75 Å². The molecule has 0 bridgehead atoms. The third-order valence-corrected chi connectivity index (χ3v) is 4.07. The highest BCUT2D eigenvalue weighted by Crippen LogP contribution is 2.37. The monoisotopic (exact) mass is 263 g/mol. The maximum Gasteiger partial charge on any atom is 0.495 e. The van der Waals surface area contributed by atoms with Crippen molar-refractivity contribution in [2.24, 2.45) is 5.73 Å². The van der Waals surface area contributed by atoms with E-state index in [1.807, 2.05) is 40.7 Å². The van der Waals surface area contributed by atoms with Gasteiger partial charge in [0.2, 0.25) is 0 Å². The van der Waals surface area contributed by atoms with E-state index in [-0.39, 0.29) is 23.0 Å². The highest BCUT2D eigenvalue weighted by Gasteiger charge is 2.52. The Morgan fingerprint density at radius 3 is 2.16 bits per heavy atom. The molecule has 1 aliphatic heterocycles. The molecule has 4 nitrogen and oxygen atoms in total. The lowest BCUT2D eigenvalue weighted by atomic mass is 9.74. The molecule has 1 aromatic rings. The summed E-state index contributed by atoms with van der Waals surface area (Å²) in [5.41, 5.74) is 6.92. The van der Waals surface area contributed by atoms with Crippen molar-refractivity contribution in [3.63, 3.8) is 0 Å². The van der Waals surface area contributed by atoms with Crippen molar-refractivity contribution in [2.75, 3.05) is 0 Å². The van der Waals surface area contributed by atoms with Gasteiger partial charge >= 0.3 is 7.12 Å². The van der Waals surface area contributed by atoms with E-state index in [9.17, 15) is 5.11 Å². The molecule has 0 aliphatic carbocycles. The Kier molecular flexibility index (Phi) is 3.41. The summed E-state index contributed by atoms with van der Waals surface area (Å²) in [4.78, 5) is 0. The Balaban J connectivity index is 2.39. The minimum absolute atomic E-state index is 0.193. The van der Waals surface area contributed by atoms with E-state index in [4.69, 9.17) is 15.0 Å². The number of phenolic OH excluding ortho intramolecular Hbond substituents is 1. The van der Waals surface area contributed by atoms with E-state index >= 15 is 0 Å². The van der Waals surface area contributed by atoms with Crippen LogP contribution in [0, 0.1) is 0 Å². The topological polar surface area (TPSA) is 64.7 Å². The number of nitrogens with two attached hydrogens (primary N) is 1. The molecular formula is C14H22BNO3. The second-order valence-corrected chi connectivity index (χ2v) is 6.19. The number of benzene rings is 1. The summed E-state index contributed by atoms with van der Waals surface area (Å²) < 4.78 is 12.0. The molecule has 0 saturated carbocycles. The fourth-order valence-electron chi connectivity index (χ4n) is 2.14. The van der Waals surface area contributed by atoms with Crippen LogP contribution in [0.4, 0.5) is 0 Å². The molecule has 1 heterocycles. The summed E-state index contributed by atoms with van der Waals surface area (Å²) >= 11 is 0. The number of hydrogen-bond donors (Lipinski definition) is 2. The molecule has 0 amide bonds. The van der Waals surface area contributed by atoms with Crippen molar-refractivity contribution in [3.8, 4) is 5.75 Å². The lowest BCUT2D eigenvalue weighted by Crippen LogP contribution is -2.41. The molecule has 0 radical (unpaired) electrons. The number of phenols is 1. The largest absolute Gasteiger partial charge is 0.508 e. The Bertz CT molecular complexity index is 470. The highest BCUT2D eigenvalue weighted by atomic mass is 16.7. The van der Waals surface area contributed by atoms with Crippen molar-refractivity contribution in [1.82, 2.24) is 0 Å². The summed E-state index contributed by atoms with van der Waals surface area (Å²) in [6.07, 6.45) is 0. The molecule has 1 atom stereocenters. The molecule has 1 aliphatic rings. The molecule has 5 heteroatoms. The Hall–Kier alpha value is -1.04. The van der Waals surface area contributed by atoms with Gasteiger partial charge in [0.05, 0.1) is 11.2 Å². The summed E-state index contributed by atoms with van der Waals surface area (Å²) in [6.45, 7) is 9.93. The third kappa shape index (κ3) is 2.50. The normalized spacial score (nSPS) is 22.5. The van der Waals surface area contributed by atoms with Crippen LogP contribution in [0.25, 0.3) is 0 Å². The zero-order valence-electron chi connectivity index (χ0n) is 12.2. The van der Waals surface area contributed by atoms with Gasteiger partial charge in [-0.05, 0) is 57.8 Å². The van der Waals surface area contributed by atoms with Crippen molar-refractivity contribution >= 4 is 12.6 Å². The van der Waals surface area contributed by atoms with Crippen LogP contribution in [-0.4, -0.2) is 23.4 Å². The van der Waals surface area contributed by atoms with Crippen LogP contribution in [0.3, 0.4) is 0 Å². The van der Waals surface area contributed by atoms with Gasteiger partial charge in [0, 0.05) is 6.04 Å². The van der Waals surface area contributed by atoms with Crippen LogP contribution >= 0.6 is 0 Å². The van der Waals surface area contributed by atoms with Crippen molar-refractivity contribution < 1.29 is 14.4 Å². The van der Waals surface area contributed by atoms with E-state index in [2.05, 4.69) is 0 Å². The molecule has 19 heavy (non-hydrogen) atoms. The van der Waals surface area contributed by atoms with Gasteiger partial charge in [-0.1, -0.05) is 6.07 Å². The molecular weight excluding hydrogens is 241 g/mol. The summed E-state index contributed by atoms with van der Waals surface area (Å²) in [6, 6.07) is 4.93. The van der Waals surface area contributed by atoms with Gasteiger partial charge in [0.15, 0.2) is 0 Å². The quantitative estimate of drug-likeness (QED) is 0.797. The Labute approximate surface area is 115 Å². The summed E-state index contributed by atoms with van der Waals surface area (Å²) in [7, 11) is -0.452. The molecule has 3 N–H and O–H groups in total. The Morgan fingerprint density at radius 2 is 1.68 bits per heavy atom. The van der Waals surface area contributed by atoms with Gasteiger partial charge < -0.3 is 20.1 Å². The van der Waals surface area contributed by atoms with Crippen molar-refractivity contribution in [3.05, 3.63) is 23.8 Å². The molecule has 2 rings (SSSR count). The zero-order valence-corrected chi connectivity index (χ0v) is 12.2. The molecule has 0 spiro atoms. The number of hydrogen-bond acceptors (Lipinski definition) is 4. The first-order valence-electron chi connectivity index (χ1n) is 6.58. The molecule has 1 aromatic carbocycles. The fraction of sp³-hybridized carbons (Fsp3) is 0.571. The predicted molar refractivity (Wildman–Crippen MR) is 76.4 cm³/mol. The maximum absolute atomic E-state index is 9.60.